The summed E-state index contributed by atoms with van der Waals surface area (Å²) < 4.78 is 6.67. The molecule has 0 fully saturated rings. The molecule has 0 radical (unpaired) electrons. The molecule has 3 rings (SSSR count). The van der Waals surface area contributed by atoms with Crippen LogP contribution in [0.4, 0.5) is 5.13 Å². The highest BCUT2D eigenvalue weighted by Crippen LogP contribution is 2.26. The Hall–Kier alpha value is -2.11. The van der Waals surface area contributed by atoms with Gasteiger partial charge in [-0.1, -0.05) is 35.6 Å². The summed E-state index contributed by atoms with van der Waals surface area (Å²) in [5, 5.41) is 3.41. The SMILES string of the molecule is Cc1ccc2nc(NC(=O)C(C)Oc3ccccc3)sc2c1.Cl. The Labute approximate surface area is 144 Å². The Kier molecular flexibility index (Phi) is 5.58. The smallest absolute Gasteiger partial charge is 0.266 e. The van der Waals surface area contributed by atoms with E-state index >= 15 is 0 Å². The summed E-state index contributed by atoms with van der Waals surface area (Å²) in [5.41, 5.74) is 2.07. The number of hydrogen-bond donors (Lipinski definition) is 1. The maximum atomic E-state index is 12.2. The van der Waals surface area contributed by atoms with E-state index in [0.29, 0.717) is 10.9 Å². The molecule has 6 heteroatoms. The van der Waals surface area contributed by atoms with Gasteiger partial charge in [0.1, 0.15) is 5.75 Å². The zero-order valence-corrected chi connectivity index (χ0v) is 14.4. The number of fused-ring (bicyclic) bond motifs is 1. The molecule has 3 aromatic rings. The number of carbonyl (C=O) groups excluding carboxylic acids is 1. The Morgan fingerprint density at radius 1 is 1.22 bits per heavy atom. The number of aryl methyl sites for hydroxylation is 1. The minimum absolute atomic E-state index is 0. The molecule has 120 valence electrons. The fourth-order valence-corrected chi connectivity index (χ4v) is 3.02. The van der Waals surface area contributed by atoms with Gasteiger partial charge in [0.15, 0.2) is 11.2 Å². The zero-order chi connectivity index (χ0) is 15.5. The van der Waals surface area contributed by atoms with Crippen molar-refractivity contribution in [3.05, 3.63) is 54.1 Å². The highest BCUT2D eigenvalue weighted by atomic mass is 35.5. The molecule has 1 heterocycles. The van der Waals surface area contributed by atoms with Gasteiger partial charge in [-0.25, -0.2) is 4.98 Å². The monoisotopic (exact) mass is 348 g/mol. The van der Waals surface area contributed by atoms with Crippen LogP contribution in [0.2, 0.25) is 0 Å². The van der Waals surface area contributed by atoms with E-state index in [-0.39, 0.29) is 18.3 Å². The van der Waals surface area contributed by atoms with Crippen molar-refractivity contribution in [1.82, 2.24) is 4.98 Å². The van der Waals surface area contributed by atoms with Crippen LogP contribution in [-0.4, -0.2) is 17.0 Å². The minimum atomic E-state index is -0.587. The maximum Gasteiger partial charge on any atom is 0.266 e. The Balaban J connectivity index is 0.00000192. The van der Waals surface area contributed by atoms with E-state index in [4.69, 9.17) is 4.74 Å². The first-order valence-electron chi connectivity index (χ1n) is 7.01. The van der Waals surface area contributed by atoms with Crippen LogP contribution in [0.25, 0.3) is 10.2 Å². The third-order valence-electron chi connectivity index (χ3n) is 3.20. The molecule has 0 saturated heterocycles. The number of para-hydroxylation sites is 1. The summed E-state index contributed by atoms with van der Waals surface area (Å²) in [5.74, 6) is 0.463. The lowest BCUT2D eigenvalue weighted by atomic mass is 10.2. The fraction of sp³-hybridized carbons (Fsp3) is 0.176. The van der Waals surface area contributed by atoms with Crippen LogP contribution >= 0.6 is 23.7 Å². The van der Waals surface area contributed by atoms with Crippen molar-refractivity contribution < 1.29 is 9.53 Å². The average Bonchev–Trinajstić information content (AvgIpc) is 2.89. The summed E-state index contributed by atoms with van der Waals surface area (Å²) >= 11 is 1.46. The van der Waals surface area contributed by atoms with Gasteiger partial charge in [0.05, 0.1) is 10.2 Å². The van der Waals surface area contributed by atoms with Crippen LogP contribution in [-0.2, 0) is 4.79 Å². The summed E-state index contributed by atoms with van der Waals surface area (Å²) in [6.45, 7) is 3.76. The number of amides is 1. The van der Waals surface area contributed by atoms with Gasteiger partial charge in [0, 0.05) is 0 Å². The number of aromatic nitrogens is 1. The number of thiazole rings is 1. The lowest BCUT2D eigenvalue weighted by Crippen LogP contribution is -2.30. The zero-order valence-electron chi connectivity index (χ0n) is 12.8. The van der Waals surface area contributed by atoms with Gasteiger partial charge < -0.3 is 4.74 Å². The molecule has 0 aliphatic carbocycles. The molecule has 0 spiro atoms. The number of halogens is 1. The second-order valence-electron chi connectivity index (χ2n) is 5.05. The van der Waals surface area contributed by atoms with E-state index in [2.05, 4.69) is 16.4 Å². The minimum Gasteiger partial charge on any atom is -0.481 e. The molecule has 1 N–H and O–H groups in total. The molecule has 1 atom stereocenters. The van der Waals surface area contributed by atoms with Gasteiger partial charge in [0.25, 0.3) is 5.91 Å². The van der Waals surface area contributed by atoms with Crippen LogP contribution in [0, 0.1) is 6.92 Å². The topological polar surface area (TPSA) is 51.2 Å². The van der Waals surface area contributed by atoms with Crippen molar-refractivity contribution in [3.8, 4) is 5.75 Å². The molecule has 1 aromatic heterocycles. The number of ether oxygens (including phenoxy) is 1. The molecular formula is C17H17ClN2O2S. The van der Waals surface area contributed by atoms with E-state index in [1.54, 1.807) is 6.92 Å². The lowest BCUT2D eigenvalue weighted by molar-refractivity contribution is -0.122. The van der Waals surface area contributed by atoms with Crippen LogP contribution in [0.1, 0.15) is 12.5 Å². The number of benzene rings is 2. The van der Waals surface area contributed by atoms with Gasteiger partial charge in [0.2, 0.25) is 0 Å². The molecule has 4 nitrogen and oxygen atoms in total. The Morgan fingerprint density at radius 2 is 1.96 bits per heavy atom. The normalized spacial score (nSPS) is 11.6. The Bertz CT molecular complexity index is 805. The average molecular weight is 349 g/mol. The van der Waals surface area contributed by atoms with E-state index in [0.717, 1.165) is 10.2 Å². The number of anilines is 1. The van der Waals surface area contributed by atoms with Crippen LogP contribution < -0.4 is 10.1 Å². The van der Waals surface area contributed by atoms with Crippen molar-refractivity contribution >= 4 is 45.0 Å². The first-order chi connectivity index (χ1) is 10.6. The molecule has 0 aliphatic heterocycles. The molecule has 0 aliphatic rings. The predicted molar refractivity (Wildman–Crippen MR) is 96.8 cm³/mol. The quantitative estimate of drug-likeness (QED) is 0.758. The number of nitrogens with one attached hydrogen (secondary N) is 1. The van der Waals surface area contributed by atoms with E-state index in [1.807, 2.05) is 49.4 Å². The van der Waals surface area contributed by atoms with Gasteiger partial charge in [-0.3, -0.25) is 10.1 Å². The number of nitrogens with zero attached hydrogens (tertiary/aromatic N) is 1. The molecule has 1 amide bonds. The third kappa shape index (κ3) is 4.21. The van der Waals surface area contributed by atoms with Crippen molar-refractivity contribution in [3.63, 3.8) is 0 Å². The highest BCUT2D eigenvalue weighted by molar-refractivity contribution is 7.22. The van der Waals surface area contributed by atoms with Crippen molar-refractivity contribution in [2.24, 2.45) is 0 Å². The molecule has 23 heavy (non-hydrogen) atoms. The number of carbonyl (C=O) groups is 1. The molecule has 0 saturated carbocycles. The first kappa shape index (κ1) is 17.2. The summed E-state index contributed by atoms with van der Waals surface area (Å²) in [6.07, 6.45) is -0.587. The maximum absolute atomic E-state index is 12.2. The van der Waals surface area contributed by atoms with Gasteiger partial charge in [-0.15, -0.1) is 12.4 Å². The first-order valence-corrected chi connectivity index (χ1v) is 7.83. The van der Waals surface area contributed by atoms with Crippen LogP contribution in [0.3, 0.4) is 0 Å². The molecule has 2 aromatic carbocycles. The molecule has 1 unspecified atom stereocenters. The lowest BCUT2D eigenvalue weighted by Gasteiger charge is -2.13. The van der Waals surface area contributed by atoms with Crippen molar-refractivity contribution in [2.45, 2.75) is 20.0 Å². The van der Waals surface area contributed by atoms with Crippen molar-refractivity contribution in [1.29, 1.82) is 0 Å². The summed E-state index contributed by atoms with van der Waals surface area (Å²) in [6, 6.07) is 15.3. The second kappa shape index (κ2) is 7.44. The number of hydrogen-bond acceptors (Lipinski definition) is 4. The Morgan fingerprint density at radius 3 is 2.70 bits per heavy atom. The van der Waals surface area contributed by atoms with Gasteiger partial charge in [-0.05, 0) is 43.7 Å². The molecular weight excluding hydrogens is 332 g/mol. The standard InChI is InChI=1S/C17H16N2O2S.ClH/c1-11-8-9-14-15(10-11)22-17(18-14)19-16(20)12(2)21-13-6-4-3-5-7-13;/h3-10,12H,1-2H3,(H,18,19,20);1H. The second-order valence-corrected chi connectivity index (χ2v) is 6.08. The fourth-order valence-electron chi connectivity index (χ4n) is 2.05. The van der Waals surface area contributed by atoms with Gasteiger partial charge in [-0.2, -0.15) is 0 Å². The van der Waals surface area contributed by atoms with Crippen LogP contribution in [0.5, 0.6) is 5.75 Å². The van der Waals surface area contributed by atoms with E-state index in [1.165, 1.54) is 16.9 Å². The number of rotatable bonds is 4. The highest BCUT2D eigenvalue weighted by Gasteiger charge is 2.16. The van der Waals surface area contributed by atoms with Gasteiger partial charge >= 0.3 is 0 Å². The van der Waals surface area contributed by atoms with Crippen molar-refractivity contribution in [2.75, 3.05) is 5.32 Å². The van der Waals surface area contributed by atoms with Crippen LogP contribution in [0.15, 0.2) is 48.5 Å². The molecule has 0 bridgehead atoms. The third-order valence-corrected chi connectivity index (χ3v) is 4.13. The van der Waals surface area contributed by atoms with E-state index < -0.39 is 6.10 Å². The predicted octanol–water partition coefficient (Wildman–Crippen LogP) is 4.43. The summed E-state index contributed by atoms with van der Waals surface area (Å²) in [4.78, 5) is 16.6. The largest absolute Gasteiger partial charge is 0.481 e. The van der Waals surface area contributed by atoms with E-state index in [9.17, 15) is 4.79 Å². The summed E-state index contributed by atoms with van der Waals surface area (Å²) in [7, 11) is 0.